The third-order valence-corrected chi connectivity index (χ3v) is 4.39. The lowest BCUT2D eigenvalue weighted by Gasteiger charge is -2.22. The number of nitrogens with one attached hydrogen (secondary N) is 1. The Hall–Kier alpha value is -1.50. The molecule has 7 heteroatoms. The van der Waals surface area contributed by atoms with E-state index in [1.54, 1.807) is 6.92 Å². The summed E-state index contributed by atoms with van der Waals surface area (Å²) < 4.78 is 11.2. The van der Waals surface area contributed by atoms with E-state index in [0.717, 1.165) is 12.8 Å². The van der Waals surface area contributed by atoms with Gasteiger partial charge >= 0.3 is 0 Å². The smallest absolute Gasteiger partial charge is 0.277 e. The highest BCUT2D eigenvalue weighted by Gasteiger charge is 2.19. The molecule has 0 bridgehead atoms. The largest absolute Gasteiger partial charge is 0.367 e. The molecular weight excluding hydrogens is 254 g/mol. The number of hydrogen-bond donors (Lipinski definition) is 1. The minimum Gasteiger partial charge on any atom is -0.367 e. The summed E-state index contributed by atoms with van der Waals surface area (Å²) in [6.07, 6.45) is 3.13. The van der Waals surface area contributed by atoms with Crippen LogP contribution in [0.25, 0.3) is 0 Å². The number of nitrogens with zero attached hydrogens (tertiary/aromatic N) is 2. The summed E-state index contributed by atoms with van der Waals surface area (Å²) in [5, 5.41) is 14.0. The quantitative estimate of drug-likeness (QED) is 0.665. The van der Waals surface area contributed by atoms with Gasteiger partial charge in [-0.15, -0.1) is 0 Å². The summed E-state index contributed by atoms with van der Waals surface area (Å²) >= 11 is 0. The van der Waals surface area contributed by atoms with E-state index in [4.69, 9.17) is 0 Å². The van der Waals surface area contributed by atoms with Gasteiger partial charge in [-0.25, -0.2) is 4.98 Å². The van der Waals surface area contributed by atoms with Crippen LogP contribution in [-0.4, -0.2) is 31.7 Å². The molecular formula is C11H15N3O3S. The molecule has 18 heavy (non-hydrogen) atoms. The minimum absolute atomic E-state index is 0.0758. The monoisotopic (exact) mass is 269 g/mol. The Kier molecular flexibility index (Phi) is 3.90. The van der Waals surface area contributed by atoms with Gasteiger partial charge in [0.25, 0.3) is 5.69 Å². The lowest BCUT2D eigenvalue weighted by atomic mass is 10.1. The average molecular weight is 269 g/mol. The van der Waals surface area contributed by atoms with Crippen molar-refractivity contribution in [3.63, 3.8) is 0 Å². The van der Waals surface area contributed by atoms with E-state index in [9.17, 15) is 14.3 Å². The molecule has 0 saturated carbocycles. The lowest BCUT2D eigenvalue weighted by Crippen LogP contribution is -2.29. The Morgan fingerprint density at radius 3 is 2.78 bits per heavy atom. The van der Waals surface area contributed by atoms with Crippen LogP contribution in [0, 0.1) is 17.0 Å². The van der Waals surface area contributed by atoms with E-state index in [-0.39, 0.29) is 11.7 Å². The molecule has 0 aromatic carbocycles. The Balaban J connectivity index is 2.07. The van der Waals surface area contributed by atoms with Crippen LogP contribution in [-0.2, 0) is 10.8 Å². The fraction of sp³-hybridized carbons (Fsp3) is 0.545. The van der Waals surface area contributed by atoms with E-state index < -0.39 is 15.7 Å². The second-order valence-electron chi connectivity index (χ2n) is 4.38. The van der Waals surface area contributed by atoms with Crippen molar-refractivity contribution in [3.05, 3.63) is 27.9 Å². The third-order valence-electron chi connectivity index (χ3n) is 3.01. The summed E-state index contributed by atoms with van der Waals surface area (Å²) in [6.45, 7) is 1.67. The molecule has 1 aliphatic heterocycles. The highest BCUT2D eigenvalue weighted by atomic mass is 32.2. The first kappa shape index (κ1) is 12.9. The van der Waals surface area contributed by atoms with Crippen molar-refractivity contribution in [2.45, 2.75) is 25.8 Å². The van der Waals surface area contributed by atoms with Crippen molar-refractivity contribution in [1.82, 2.24) is 4.98 Å². The van der Waals surface area contributed by atoms with Crippen molar-refractivity contribution in [2.24, 2.45) is 0 Å². The highest BCUT2D eigenvalue weighted by Crippen LogP contribution is 2.22. The number of rotatable bonds is 3. The fourth-order valence-corrected chi connectivity index (χ4v) is 3.23. The summed E-state index contributed by atoms with van der Waals surface area (Å²) in [6, 6.07) is 1.67. The molecule has 1 aromatic heterocycles. The number of aromatic nitrogens is 1. The molecule has 0 radical (unpaired) electrons. The minimum atomic E-state index is -0.703. The molecule has 0 aliphatic carbocycles. The maximum Gasteiger partial charge on any atom is 0.277 e. The van der Waals surface area contributed by atoms with Gasteiger partial charge in [0, 0.05) is 40.1 Å². The van der Waals surface area contributed by atoms with Crippen molar-refractivity contribution in [3.8, 4) is 0 Å². The van der Waals surface area contributed by atoms with E-state index in [0.29, 0.717) is 22.9 Å². The summed E-state index contributed by atoms with van der Waals surface area (Å²) in [4.78, 5) is 14.6. The molecule has 98 valence electrons. The Morgan fingerprint density at radius 1 is 1.50 bits per heavy atom. The van der Waals surface area contributed by atoms with E-state index in [1.807, 2.05) is 0 Å². The number of nitro groups is 1. The van der Waals surface area contributed by atoms with Gasteiger partial charge in [-0.05, 0) is 19.8 Å². The Bertz CT molecular complexity index is 482. The van der Waals surface area contributed by atoms with Gasteiger partial charge in [0.2, 0.25) is 0 Å². The first-order valence-corrected chi connectivity index (χ1v) is 7.27. The SMILES string of the molecule is Cc1cnc(NC2CCS(=O)CC2)cc1[N+](=O)[O-]. The van der Waals surface area contributed by atoms with Crippen LogP contribution in [0.5, 0.6) is 0 Å². The molecule has 6 nitrogen and oxygen atoms in total. The molecule has 1 fully saturated rings. The van der Waals surface area contributed by atoms with Gasteiger partial charge in [-0.2, -0.15) is 0 Å². The summed E-state index contributed by atoms with van der Waals surface area (Å²) in [5.41, 5.74) is 0.627. The topological polar surface area (TPSA) is 85.1 Å². The maximum atomic E-state index is 11.2. The normalized spacial score (nSPS) is 23.6. The predicted molar refractivity (Wildman–Crippen MR) is 70.1 cm³/mol. The molecule has 2 rings (SSSR count). The molecule has 0 unspecified atom stereocenters. The van der Waals surface area contributed by atoms with E-state index in [1.165, 1.54) is 12.3 Å². The van der Waals surface area contributed by atoms with Crippen LogP contribution in [0.2, 0.25) is 0 Å². The summed E-state index contributed by atoms with van der Waals surface area (Å²) in [5.74, 6) is 1.89. The van der Waals surface area contributed by atoms with Crippen molar-refractivity contribution in [2.75, 3.05) is 16.8 Å². The predicted octanol–water partition coefficient (Wildman–Crippen LogP) is 1.62. The van der Waals surface area contributed by atoms with Gasteiger partial charge in [0.05, 0.1) is 11.0 Å². The zero-order valence-corrected chi connectivity index (χ0v) is 10.9. The molecule has 1 N–H and O–H groups in total. The first-order chi connectivity index (χ1) is 8.56. The second kappa shape index (κ2) is 5.43. The van der Waals surface area contributed by atoms with Crippen LogP contribution in [0.3, 0.4) is 0 Å². The fourth-order valence-electron chi connectivity index (χ4n) is 1.94. The van der Waals surface area contributed by atoms with Crippen molar-refractivity contribution >= 4 is 22.3 Å². The highest BCUT2D eigenvalue weighted by molar-refractivity contribution is 7.85. The van der Waals surface area contributed by atoms with Crippen LogP contribution in [0.4, 0.5) is 11.5 Å². The standard InChI is InChI=1S/C11H15N3O3S/c1-8-7-12-11(6-10(8)14(15)16)13-9-2-4-18(17)5-3-9/h6-7,9H,2-5H2,1H3,(H,12,13). The van der Waals surface area contributed by atoms with Gasteiger partial charge in [0.15, 0.2) is 0 Å². The Labute approximate surface area is 107 Å². The van der Waals surface area contributed by atoms with Gasteiger partial charge in [-0.3, -0.25) is 14.3 Å². The summed E-state index contributed by atoms with van der Waals surface area (Å²) in [7, 11) is -0.703. The van der Waals surface area contributed by atoms with Gasteiger partial charge < -0.3 is 5.32 Å². The zero-order valence-electron chi connectivity index (χ0n) is 10.1. The van der Waals surface area contributed by atoms with E-state index >= 15 is 0 Å². The van der Waals surface area contributed by atoms with Crippen LogP contribution < -0.4 is 5.32 Å². The maximum absolute atomic E-state index is 11.2. The number of aryl methyl sites for hydroxylation is 1. The zero-order chi connectivity index (χ0) is 13.1. The third kappa shape index (κ3) is 3.04. The molecule has 1 saturated heterocycles. The number of hydrogen-bond acceptors (Lipinski definition) is 5. The second-order valence-corrected chi connectivity index (χ2v) is 6.08. The number of pyridine rings is 1. The molecule has 1 aromatic rings. The molecule has 0 amide bonds. The molecule has 0 spiro atoms. The Morgan fingerprint density at radius 2 is 2.17 bits per heavy atom. The van der Waals surface area contributed by atoms with Gasteiger partial charge in [-0.1, -0.05) is 0 Å². The molecule has 2 heterocycles. The van der Waals surface area contributed by atoms with E-state index in [2.05, 4.69) is 10.3 Å². The van der Waals surface area contributed by atoms with Crippen molar-refractivity contribution < 1.29 is 9.13 Å². The van der Waals surface area contributed by atoms with Crippen LogP contribution in [0.1, 0.15) is 18.4 Å². The lowest BCUT2D eigenvalue weighted by molar-refractivity contribution is -0.385. The van der Waals surface area contributed by atoms with Crippen LogP contribution in [0.15, 0.2) is 12.3 Å². The van der Waals surface area contributed by atoms with Crippen LogP contribution >= 0.6 is 0 Å². The average Bonchev–Trinajstić information content (AvgIpc) is 2.34. The molecule has 1 aliphatic rings. The van der Waals surface area contributed by atoms with Crippen molar-refractivity contribution in [1.29, 1.82) is 0 Å². The first-order valence-electron chi connectivity index (χ1n) is 5.79. The number of anilines is 1. The molecule has 0 atom stereocenters. The van der Waals surface area contributed by atoms with Gasteiger partial charge in [0.1, 0.15) is 5.82 Å².